The third kappa shape index (κ3) is 3.45. The van der Waals surface area contributed by atoms with Gasteiger partial charge in [0.2, 0.25) is 5.91 Å². The van der Waals surface area contributed by atoms with Gasteiger partial charge in [-0.25, -0.2) is 0 Å². The number of carbonyl (C=O) groups is 1. The molecule has 1 atom stereocenters. The van der Waals surface area contributed by atoms with Crippen LogP contribution in [0.4, 0.5) is 0 Å². The zero-order valence-electron chi connectivity index (χ0n) is 11.2. The van der Waals surface area contributed by atoms with Crippen molar-refractivity contribution in [3.63, 3.8) is 0 Å². The highest BCUT2D eigenvalue weighted by Crippen LogP contribution is 2.22. The molecular formula is C14H20N2O3. The van der Waals surface area contributed by atoms with Crippen molar-refractivity contribution >= 4 is 5.91 Å². The molecule has 1 heterocycles. The minimum Gasteiger partial charge on any atom is -0.491 e. The largest absolute Gasteiger partial charge is 0.491 e. The Labute approximate surface area is 113 Å². The van der Waals surface area contributed by atoms with Crippen LogP contribution in [0.25, 0.3) is 0 Å². The molecule has 5 heteroatoms. The van der Waals surface area contributed by atoms with Gasteiger partial charge in [-0.3, -0.25) is 4.79 Å². The second-order valence-electron chi connectivity index (χ2n) is 4.60. The summed E-state index contributed by atoms with van der Waals surface area (Å²) in [5.74, 6) is 0.806. The van der Waals surface area contributed by atoms with Crippen molar-refractivity contribution in [3.8, 4) is 5.75 Å². The van der Waals surface area contributed by atoms with Crippen molar-refractivity contribution in [1.82, 2.24) is 4.90 Å². The van der Waals surface area contributed by atoms with Gasteiger partial charge >= 0.3 is 0 Å². The molecule has 0 aromatic heterocycles. The third-order valence-electron chi connectivity index (χ3n) is 3.21. The normalized spacial score (nSPS) is 16.2. The van der Waals surface area contributed by atoms with Crippen LogP contribution in [-0.4, -0.2) is 43.7 Å². The molecule has 2 N–H and O–H groups in total. The van der Waals surface area contributed by atoms with E-state index in [1.807, 2.05) is 24.3 Å². The van der Waals surface area contributed by atoms with Crippen molar-refractivity contribution in [1.29, 1.82) is 0 Å². The first-order chi connectivity index (χ1) is 9.22. The summed E-state index contributed by atoms with van der Waals surface area (Å²) in [5, 5.41) is 0. The Morgan fingerprint density at radius 2 is 2.32 bits per heavy atom. The van der Waals surface area contributed by atoms with Crippen LogP contribution in [0.15, 0.2) is 24.3 Å². The van der Waals surface area contributed by atoms with Crippen molar-refractivity contribution in [3.05, 3.63) is 29.8 Å². The minimum absolute atomic E-state index is 0.0441. The molecule has 0 fully saturated rings. The fourth-order valence-electron chi connectivity index (χ4n) is 2.12. The first-order valence-corrected chi connectivity index (χ1v) is 6.46. The number of nitrogens with zero attached hydrogens (tertiary/aromatic N) is 1. The fraction of sp³-hybridized carbons (Fsp3) is 0.500. The van der Waals surface area contributed by atoms with E-state index < -0.39 is 6.04 Å². The molecule has 19 heavy (non-hydrogen) atoms. The molecule has 5 nitrogen and oxygen atoms in total. The number of methoxy groups -OCH3 is 1. The molecule has 2 rings (SSSR count). The maximum atomic E-state index is 12.3. The fourth-order valence-corrected chi connectivity index (χ4v) is 2.12. The molecule has 0 bridgehead atoms. The van der Waals surface area contributed by atoms with Crippen molar-refractivity contribution in [2.75, 3.05) is 26.9 Å². The van der Waals surface area contributed by atoms with E-state index >= 15 is 0 Å². The molecule has 1 aliphatic heterocycles. The van der Waals surface area contributed by atoms with E-state index in [0.717, 1.165) is 11.3 Å². The van der Waals surface area contributed by atoms with Gasteiger partial charge in [-0.15, -0.1) is 0 Å². The lowest BCUT2D eigenvalue weighted by atomic mass is 10.1. The summed E-state index contributed by atoms with van der Waals surface area (Å²) in [6.45, 7) is 2.11. The van der Waals surface area contributed by atoms with E-state index in [2.05, 4.69) is 0 Å². The van der Waals surface area contributed by atoms with Gasteiger partial charge in [-0.05, 0) is 12.5 Å². The monoisotopic (exact) mass is 264 g/mol. The topological polar surface area (TPSA) is 64.8 Å². The summed E-state index contributed by atoms with van der Waals surface area (Å²) in [6.07, 6.45) is 0.536. The van der Waals surface area contributed by atoms with E-state index in [1.54, 1.807) is 12.0 Å². The smallest absolute Gasteiger partial charge is 0.239 e. The third-order valence-corrected chi connectivity index (χ3v) is 3.21. The molecule has 1 aromatic carbocycles. The number of carbonyl (C=O) groups excluding carboxylic acids is 1. The lowest BCUT2D eigenvalue weighted by molar-refractivity contribution is -0.133. The molecule has 1 amide bonds. The summed E-state index contributed by atoms with van der Waals surface area (Å²) in [5.41, 5.74) is 6.91. The molecule has 0 radical (unpaired) electrons. The number of hydrogen-bond acceptors (Lipinski definition) is 4. The summed E-state index contributed by atoms with van der Waals surface area (Å²) in [6, 6.07) is 7.27. The molecule has 0 aliphatic carbocycles. The molecule has 104 valence electrons. The van der Waals surface area contributed by atoms with Crippen LogP contribution in [-0.2, 0) is 16.1 Å². The average molecular weight is 264 g/mol. The van der Waals surface area contributed by atoms with Gasteiger partial charge in [0.25, 0.3) is 0 Å². The maximum Gasteiger partial charge on any atom is 0.239 e. The molecule has 1 aromatic rings. The Hall–Kier alpha value is -1.59. The molecule has 0 saturated carbocycles. The Kier molecular flexibility index (Phi) is 4.76. The van der Waals surface area contributed by atoms with Crippen molar-refractivity contribution < 1.29 is 14.3 Å². The minimum atomic E-state index is -0.509. The zero-order chi connectivity index (χ0) is 13.7. The highest BCUT2D eigenvalue weighted by atomic mass is 16.5. The van der Waals surface area contributed by atoms with Gasteiger partial charge in [-0.2, -0.15) is 0 Å². The molecule has 0 saturated heterocycles. The number of ether oxygens (including phenoxy) is 2. The number of benzene rings is 1. The van der Waals surface area contributed by atoms with E-state index in [-0.39, 0.29) is 5.91 Å². The van der Waals surface area contributed by atoms with Crippen LogP contribution in [0.5, 0.6) is 5.75 Å². The van der Waals surface area contributed by atoms with Gasteiger partial charge in [0, 0.05) is 25.8 Å². The van der Waals surface area contributed by atoms with Crippen molar-refractivity contribution in [2.24, 2.45) is 5.73 Å². The van der Waals surface area contributed by atoms with Crippen LogP contribution in [0.1, 0.15) is 12.0 Å². The highest BCUT2D eigenvalue weighted by Gasteiger charge is 2.23. The lowest BCUT2D eigenvalue weighted by Crippen LogP contribution is -2.44. The second kappa shape index (κ2) is 6.54. The average Bonchev–Trinajstić information content (AvgIpc) is 2.66. The van der Waals surface area contributed by atoms with Gasteiger partial charge in [-0.1, -0.05) is 18.2 Å². The summed E-state index contributed by atoms with van der Waals surface area (Å²) < 4.78 is 10.6. The number of hydrogen-bond donors (Lipinski definition) is 1. The summed E-state index contributed by atoms with van der Waals surface area (Å²) >= 11 is 0. The summed E-state index contributed by atoms with van der Waals surface area (Å²) in [4.78, 5) is 14.0. The molecule has 1 unspecified atom stereocenters. The van der Waals surface area contributed by atoms with Crippen LogP contribution in [0.3, 0.4) is 0 Å². The van der Waals surface area contributed by atoms with E-state index in [4.69, 9.17) is 15.2 Å². The number of amides is 1. The standard InChI is InChI=1S/C14H20N2O3/c1-18-8-6-12(15)14(17)16-7-9-19-13-5-3-2-4-11(13)10-16/h2-5,12H,6-10,15H2,1H3. The van der Waals surface area contributed by atoms with Crippen molar-refractivity contribution in [2.45, 2.75) is 19.0 Å². The van der Waals surface area contributed by atoms with Crippen LogP contribution >= 0.6 is 0 Å². The molecule has 1 aliphatic rings. The van der Waals surface area contributed by atoms with Gasteiger partial charge in [0.05, 0.1) is 12.6 Å². The Morgan fingerprint density at radius 3 is 3.11 bits per heavy atom. The van der Waals surface area contributed by atoms with E-state index in [1.165, 1.54) is 0 Å². The van der Waals surface area contributed by atoms with E-state index in [9.17, 15) is 4.79 Å². The molecular weight excluding hydrogens is 244 g/mol. The number of nitrogens with two attached hydrogens (primary N) is 1. The highest BCUT2D eigenvalue weighted by molar-refractivity contribution is 5.81. The van der Waals surface area contributed by atoms with Gasteiger partial charge < -0.3 is 20.1 Å². The first-order valence-electron chi connectivity index (χ1n) is 6.46. The SMILES string of the molecule is COCCC(N)C(=O)N1CCOc2ccccc2C1. The van der Waals surface area contributed by atoms with Gasteiger partial charge in [0.1, 0.15) is 12.4 Å². The Balaban J connectivity index is 2.03. The second-order valence-corrected chi connectivity index (χ2v) is 4.60. The van der Waals surface area contributed by atoms with Gasteiger partial charge in [0.15, 0.2) is 0 Å². The zero-order valence-corrected chi connectivity index (χ0v) is 11.2. The van der Waals surface area contributed by atoms with Crippen LogP contribution in [0.2, 0.25) is 0 Å². The first kappa shape index (κ1) is 13.8. The van der Waals surface area contributed by atoms with Crippen LogP contribution < -0.4 is 10.5 Å². The lowest BCUT2D eigenvalue weighted by Gasteiger charge is -2.23. The van der Waals surface area contributed by atoms with E-state index in [0.29, 0.717) is 32.7 Å². The predicted octanol–water partition coefficient (Wildman–Crippen LogP) is 0.771. The summed E-state index contributed by atoms with van der Waals surface area (Å²) in [7, 11) is 1.60. The Bertz CT molecular complexity index is 436. The van der Waals surface area contributed by atoms with Crippen LogP contribution in [0, 0.1) is 0 Å². The predicted molar refractivity (Wildman–Crippen MR) is 71.8 cm³/mol. The maximum absolute atomic E-state index is 12.3. The molecule has 0 spiro atoms. The number of rotatable bonds is 4. The Morgan fingerprint density at radius 1 is 1.53 bits per heavy atom. The number of para-hydroxylation sites is 1. The number of fused-ring (bicyclic) bond motifs is 1. The quantitative estimate of drug-likeness (QED) is 0.872.